The van der Waals surface area contributed by atoms with E-state index in [9.17, 15) is 9.59 Å². The zero-order valence-corrected chi connectivity index (χ0v) is 18.8. The summed E-state index contributed by atoms with van der Waals surface area (Å²) in [5.74, 6) is 0.423. The topological polar surface area (TPSA) is 82.2 Å². The van der Waals surface area contributed by atoms with Crippen LogP contribution < -0.4 is 4.90 Å². The van der Waals surface area contributed by atoms with Crippen LogP contribution >= 0.6 is 0 Å². The lowest BCUT2D eigenvalue weighted by Crippen LogP contribution is -2.34. The Labute approximate surface area is 187 Å². The summed E-state index contributed by atoms with van der Waals surface area (Å²) in [5.41, 5.74) is 4.23. The molecule has 0 atom stereocenters. The first-order valence-electron chi connectivity index (χ1n) is 10.9. The molecule has 3 aromatic rings. The molecule has 7 heteroatoms. The number of amides is 1. The van der Waals surface area contributed by atoms with Gasteiger partial charge in [0, 0.05) is 25.4 Å². The third-order valence-corrected chi connectivity index (χ3v) is 6.20. The van der Waals surface area contributed by atoms with E-state index in [1.807, 2.05) is 29.7 Å². The van der Waals surface area contributed by atoms with Crippen molar-refractivity contribution < 1.29 is 9.59 Å². The molecule has 1 aromatic carbocycles. The molecule has 0 aliphatic carbocycles. The van der Waals surface area contributed by atoms with Crippen molar-refractivity contribution in [2.24, 2.45) is 0 Å². The number of carbonyl (C=O) groups excluding carboxylic acids is 2. The van der Waals surface area contributed by atoms with Crippen LogP contribution in [-0.4, -0.2) is 52.8 Å². The number of rotatable bonds is 5. The molecule has 2 aromatic heterocycles. The van der Waals surface area contributed by atoms with Gasteiger partial charge < -0.3 is 9.47 Å². The second-order valence-electron chi connectivity index (χ2n) is 8.33. The number of anilines is 1. The average Bonchev–Trinajstić information content (AvgIpc) is 3.10. The summed E-state index contributed by atoms with van der Waals surface area (Å²) in [6.07, 6.45) is 3.44. The first-order chi connectivity index (χ1) is 15.4. The van der Waals surface area contributed by atoms with Crippen LogP contribution in [0.25, 0.3) is 16.7 Å². The smallest absolute Gasteiger partial charge is 0.224 e. The second-order valence-corrected chi connectivity index (χ2v) is 8.33. The first kappa shape index (κ1) is 21.7. The van der Waals surface area contributed by atoms with Crippen LogP contribution in [0.2, 0.25) is 0 Å². The van der Waals surface area contributed by atoms with Crippen molar-refractivity contribution in [3.05, 3.63) is 53.2 Å². The zero-order valence-electron chi connectivity index (χ0n) is 18.8. The summed E-state index contributed by atoms with van der Waals surface area (Å²) in [5, 5.41) is 9.14. The van der Waals surface area contributed by atoms with Gasteiger partial charge in [-0.25, -0.2) is 4.98 Å². The predicted molar refractivity (Wildman–Crippen MR) is 124 cm³/mol. The molecule has 0 spiro atoms. The molecule has 1 fully saturated rings. The fraction of sp³-hybridized carbons (Fsp3) is 0.360. The number of fused-ring (bicyclic) bond motifs is 1. The highest BCUT2D eigenvalue weighted by Gasteiger charge is 2.25. The Bertz CT molecular complexity index is 1210. The van der Waals surface area contributed by atoms with Crippen molar-refractivity contribution in [1.82, 2.24) is 14.5 Å². The highest BCUT2D eigenvalue weighted by molar-refractivity contribution is 6.10. The molecule has 1 amide bonds. The molecule has 7 nitrogen and oxygen atoms in total. The van der Waals surface area contributed by atoms with Crippen LogP contribution in [-0.2, 0) is 4.79 Å². The van der Waals surface area contributed by atoms with Crippen molar-refractivity contribution in [3.8, 4) is 11.8 Å². The van der Waals surface area contributed by atoms with Gasteiger partial charge in [-0.05, 0) is 69.3 Å². The summed E-state index contributed by atoms with van der Waals surface area (Å²) in [4.78, 5) is 33.8. The molecule has 1 aliphatic rings. The maximum atomic E-state index is 13.5. The number of hydrogen-bond acceptors (Lipinski definition) is 5. The molecule has 32 heavy (non-hydrogen) atoms. The monoisotopic (exact) mass is 429 g/mol. The molecule has 0 saturated carbocycles. The fourth-order valence-electron chi connectivity index (χ4n) is 4.37. The van der Waals surface area contributed by atoms with Gasteiger partial charge in [-0.2, -0.15) is 5.26 Å². The summed E-state index contributed by atoms with van der Waals surface area (Å²) < 4.78 is 2.00. The predicted octanol–water partition coefficient (Wildman–Crippen LogP) is 3.86. The number of piperidine rings is 1. The molecule has 1 aliphatic heterocycles. The van der Waals surface area contributed by atoms with Crippen LogP contribution in [0.1, 0.15) is 47.8 Å². The minimum atomic E-state index is -0.124. The van der Waals surface area contributed by atoms with E-state index in [0.717, 1.165) is 42.8 Å². The molecular formula is C25H27N5O2. The first-order valence-corrected chi connectivity index (χ1v) is 10.9. The maximum absolute atomic E-state index is 13.5. The quantitative estimate of drug-likeness (QED) is 0.575. The Hall–Kier alpha value is -3.50. The van der Waals surface area contributed by atoms with E-state index >= 15 is 0 Å². The molecule has 164 valence electrons. The van der Waals surface area contributed by atoms with Crippen LogP contribution in [0, 0.1) is 18.3 Å². The van der Waals surface area contributed by atoms with Crippen molar-refractivity contribution in [1.29, 1.82) is 5.26 Å². The lowest BCUT2D eigenvalue weighted by atomic mass is 10.1. The lowest BCUT2D eigenvalue weighted by molar-refractivity contribution is -0.116. The number of ketones is 1. The Morgan fingerprint density at radius 3 is 2.41 bits per heavy atom. The normalized spacial score (nSPS) is 14.3. The summed E-state index contributed by atoms with van der Waals surface area (Å²) in [6, 6.07) is 13.1. The van der Waals surface area contributed by atoms with Crippen LogP contribution in [0.4, 0.5) is 5.82 Å². The summed E-state index contributed by atoms with van der Waals surface area (Å²) >= 11 is 0. The Morgan fingerprint density at radius 1 is 1.09 bits per heavy atom. The van der Waals surface area contributed by atoms with E-state index in [1.165, 1.54) is 18.2 Å². The third kappa shape index (κ3) is 4.02. The molecule has 0 unspecified atom stereocenters. The van der Waals surface area contributed by atoms with Crippen LogP contribution in [0.15, 0.2) is 36.4 Å². The highest BCUT2D eigenvalue weighted by Crippen LogP contribution is 2.31. The number of carbonyl (C=O) groups is 2. The number of pyridine rings is 1. The number of benzene rings is 1. The van der Waals surface area contributed by atoms with Gasteiger partial charge in [0.15, 0.2) is 5.78 Å². The molecule has 0 N–H and O–H groups in total. The van der Waals surface area contributed by atoms with Gasteiger partial charge in [0.2, 0.25) is 5.91 Å². The van der Waals surface area contributed by atoms with Gasteiger partial charge in [-0.1, -0.05) is 6.42 Å². The average molecular weight is 430 g/mol. The number of nitrogens with zero attached hydrogens (tertiary/aromatic N) is 5. The van der Waals surface area contributed by atoms with Crippen LogP contribution in [0.3, 0.4) is 0 Å². The van der Waals surface area contributed by atoms with E-state index in [2.05, 4.69) is 11.0 Å². The number of likely N-dealkylation sites (tertiary alicyclic amines) is 1. The van der Waals surface area contributed by atoms with E-state index in [1.54, 1.807) is 25.2 Å². The Balaban J connectivity index is 1.86. The van der Waals surface area contributed by atoms with Gasteiger partial charge in [0.05, 0.1) is 29.3 Å². The number of aromatic nitrogens is 2. The maximum Gasteiger partial charge on any atom is 0.224 e. The van der Waals surface area contributed by atoms with Gasteiger partial charge >= 0.3 is 0 Å². The largest absolute Gasteiger partial charge is 0.312 e. The number of Topliss-reactive ketones (excluding diaryl/α,β-unsaturated/α-hetero) is 1. The van der Waals surface area contributed by atoms with Gasteiger partial charge in [0.1, 0.15) is 11.3 Å². The Morgan fingerprint density at radius 2 is 1.78 bits per heavy atom. The van der Waals surface area contributed by atoms with Gasteiger partial charge in [-0.3, -0.25) is 14.5 Å². The zero-order chi connectivity index (χ0) is 22.8. The number of hydrogen-bond donors (Lipinski definition) is 0. The lowest BCUT2D eigenvalue weighted by Gasteiger charge is -2.25. The van der Waals surface area contributed by atoms with E-state index in [-0.39, 0.29) is 11.7 Å². The SMILES string of the molecule is CC(=O)N(C)c1ccc2c(n1)c(C(=O)CN1CCCCC1)c(C)n2-c1ccc(C#N)cc1. The molecule has 1 saturated heterocycles. The van der Waals surface area contributed by atoms with Gasteiger partial charge in [-0.15, -0.1) is 0 Å². The van der Waals surface area contributed by atoms with Crippen molar-refractivity contribution in [2.75, 3.05) is 31.6 Å². The molecule has 3 heterocycles. The Kier molecular flexibility index (Phi) is 6.06. The second kappa shape index (κ2) is 8.93. The fourth-order valence-corrected chi connectivity index (χ4v) is 4.37. The van der Waals surface area contributed by atoms with Crippen LogP contribution in [0.5, 0.6) is 0 Å². The molecule has 0 radical (unpaired) electrons. The van der Waals surface area contributed by atoms with E-state index < -0.39 is 0 Å². The van der Waals surface area contributed by atoms with Crippen molar-refractivity contribution in [2.45, 2.75) is 33.1 Å². The van der Waals surface area contributed by atoms with E-state index in [0.29, 0.717) is 29.0 Å². The summed E-state index contributed by atoms with van der Waals surface area (Å²) in [6.45, 7) is 5.65. The van der Waals surface area contributed by atoms with Crippen molar-refractivity contribution >= 4 is 28.5 Å². The highest BCUT2D eigenvalue weighted by atomic mass is 16.2. The third-order valence-electron chi connectivity index (χ3n) is 6.20. The van der Waals surface area contributed by atoms with E-state index in [4.69, 9.17) is 10.2 Å². The van der Waals surface area contributed by atoms with Gasteiger partial charge in [0.25, 0.3) is 0 Å². The summed E-state index contributed by atoms with van der Waals surface area (Å²) in [7, 11) is 1.68. The molecule has 4 rings (SSSR count). The standard InChI is InChI=1S/C25H27N5O2/c1-17-24(22(32)16-29-13-5-4-6-14-29)25-21(11-12-23(27-25)28(3)18(2)31)30(17)20-9-7-19(15-26)8-10-20/h7-12H,4-6,13-14,16H2,1-3H3. The molecule has 0 bridgehead atoms. The molecular weight excluding hydrogens is 402 g/mol. The number of nitriles is 1. The van der Waals surface area contributed by atoms with Crippen molar-refractivity contribution in [3.63, 3.8) is 0 Å². The minimum Gasteiger partial charge on any atom is -0.312 e. The minimum absolute atomic E-state index is 0.0388.